The summed E-state index contributed by atoms with van der Waals surface area (Å²) >= 11 is 5.92. The Balaban J connectivity index is 2.56. The lowest BCUT2D eigenvalue weighted by atomic mass is 10.0. The van der Waals surface area contributed by atoms with E-state index in [1.54, 1.807) is 24.3 Å². The number of carbonyl (C=O) groups is 1. The molecule has 0 fully saturated rings. The number of nitrogens with two attached hydrogens (primary N) is 1. The Hall–Kier alpha value is -2.31. The Morgan fingerprint density at radius 1 is 1.21 bits per heavy atom. The molecule has 0 aliphatic carbocycles. The first-order valence-corrected chi connectivity index (χ1v) is 7.88. The molecule has 0 unspecified atom stereocenters. The fourth-order valence-corrected chi connectivity index (χ4v) is 2.31. The molecule has 0 atom stereocenters. The molecule has 1 aromatic carbocycles. The quantitative estimate of drug-likeness (QED) is 0.742. The van der Waals surface area contributed by atoms with Crippen molar-refractivity contribution in [3.8, 4) is 0 Å². The van der Waals surface area contributed by atoms with E-state index >= 15 is 0 Å². The molecule has 1 heterocycles. The fourth-order valence-electron chi connectivity index (χ4n) is 2.19. The van der Waals surface area contributed by atoms with Gasteiger partial charge < -0.3 is 5.32 Å². The van der Waals surface area contributed by atoms with Gasteiger partial charge in [-0.05, 0) is 32.9 Å². The van der Waals surface area contributed by atoms with Crippen LogP contribution in [0.4, 0.5) is 11.6 Å². The number of halogens is 1. The average Bonchev–Trinajstić information content (AvgIpc) is 2.45. The van der Waals surface area contributed by atoms with E-state index in [0.29, 0.717) is 27.8 Å². The molecular formula is C17H21ClN5O+. The zero-order valence-corrected chi connectivity index (χ0v) is 14.9. The van der Waals surface area contributed by atoms with E-state index in [-0.39, 0.29) is 17.2 Å². The summed E-state index contributed by atoms with van der Waals surface area (Å²) in [5, 5.41) is 13.8. The number of quaternary nitrogens is 1. The molecule has 0 spiro atoms. The predicted molar refractivity (Wildman–Crippen MR) is 95.1 cm³/mol. The Kier molecular flexibility index (Phi) is 5.31. The van der Waals surface area contributed by atoms with Crippen LogP contribution in [-0.2, 0) is 4.79 Å². The third kappa shape index (κ3) is 4.59. The number of benzene rings is 1. The second-order valence-electron chi connectivity index (χ2n) is 6.56. The molecule has 7 heteroatoms. The third-order valence-electron chi connectivity index (χ3n) is 3.12. The third-order valence-corrected chi connectivity index (χ3v) is 3.38. The van der Waals surface area contributed by atoms with Gasteiger partial charge in [0.05, 0.1) is 11.3 Å². The summed E-state index contributed by atoms with van der Waals surface area (Å²) in [5.41, 5.74) is 1.25. The normalized spacial score (nSPS) is 11.2. The molecule has 0 radical (unpaired) electrons. The molecule has 1 amide bonds. The van der Waals surface area contributed by atoms with Gasteiger partial charge in [-0.1, -0.05) is 23.7 Å². The Morgan fingerprint density at radius 3 is 2.38 bits per heavy atom. The van der Waals surface area contributed by atoms with Crippen LogP contribution >= 0.6 is 11.6 Å². The second-order valence-corrected chi connectivity index (χ2v) is 6.99. The van der Waals surface area contributed by atoms with E-state index in [4.69, 9.17) is 17.0 Å². The topological polar surface area (TPSA) is 95.3 Å². The molecule has 24 heavy (non-hydrogen) atoms. The van der Waals surface area contributed by atoms with Gasteiger partial charge in [-0.15, -0.1) is 0 Å². The summed E-state index contributed by atoms with van der Waals surface area (Å²) in [6, 6.07) is 6.97. The number of nitrogens with one attached hydrogen (secondary N) is 2. The van der Waals surface area contributed by atoms with Gasteiger partial charge >= 0.3 is 0 Å². The van der Waals surface area contributed by atoms with Crippen LogP contribution in [0, 0.1) is 5.41 Å². The molecule has 0 saturated heterocycles. The van der Waals surface area contributed by atoms with E-state index in [1.165, 1.54) is 13.3 Å². The summed E-state index contributed by atoms with van der Waals surface area (Å²) in [5.74, 6) is 0.690. The van der Waals surface area contributed by atoms with Crippen molar-refractivity contribution in [2.24, 2.45) is 0 Å². The van der Waals surface area contributed by atoms with Crippen molar-refractivity contribution >= 4 is 34.9 Å². The van der Waals surface area contributed by atoms with E-state index in [1.807, 2.05) is 26.1 Å². The van der Waals surface area contributed by atoms with Crippen molar-refractivity contribution in [3.05, 3.63) is 46.7 Å². The molecule has 4 N–H and O–H groups in total. The molecule has 0 aliphatic rings. The monoisotopic (exact) mass is 346 g/mol. The molecule has 2 rings (SSSR count). The summed E-state index contributed by atoms with van der Waals surface area (Å²) in [7, 11) is 0. The van der Waals surface area contributed by atoms with Crippen molar-refractivity contribution in [1.29, 1.82) is 5.41 Å². The maximum absolute atomic E-state index is 11.5. The first-order chi connectivity index (χ1) is 11.2. The number of carbonyl (C=O) groups excluding carboxylic acids is 1. The lowest BCUT2D eigenvalue weighted by Gasteiger charge is -2.19. The molecule has 126 valence electrons. The number of nitrogens with zero attached hydrogens (tertiary/aromatic N) is 2. The van der Waals surface area contributed by atoms with Gasteiger partial charge in [0.1, 0.15) is 11.9 Å². The van der Waals surface area contributed by atoms with Crippen molar-refractivity contribution in [3.63, 3.8) is 0 Å². The van der Waals surface area contributed by atoms with Gasteiger partial charge in [0.2, 0.25) is 11.7 Å². The van der Waals surface area contributed by atoms with Gasteiger partial charge in [0.15, 0.2) is 5.82 Å². The van der Waals surface area contributed by atoms with Crippen molar-refractivity contribution in [2.45, 2.75) is 33.2 Å². The second kappa shape index (κ2) is 7.07. The molecular weight excluding hydrogens is 326 g/mol. The van der Waals surface area contributed by atoms with Crippen LogP contribution in [0.5, 0.6) is 0 Å². The van der Waals surface area contributed by atoms with Gasteiger partial charge in [0.25, 0.3) is 0 Å². The number of amides is 1. The summed E-state index contributed by atoms with van der Waals surface area (Å²) in [6.45, 7) is 7.54. The molecule has 0 saturated carbocycles. The molecule has 1 aromatic heterocycles. The average molecular weight is 347 g/mol. The minimum absolute atomic E-state index is 0.142. The highest BCUT2D eigenvalue weighted by molar-refractivity contribution is 6.30. The van der Waals surface area contributed by atoms with Crippen LogP contribution in [-0.4, -0.2) is 27.1 Å². The Labute approximate surface area is 146 Å². The molecule has 0 aliphatic heterocycles. The fraction of sp³-hybridized carbons (Fsp3) is 0.294. The number of hydrogen-bond acceptors (Lipinski definition) is 4. The van der Waals surface area contributed by atoms with Crippen molar-refractivity contribution in [1.82, 2.24) is 9.97 Å². The Bertz CT molecular complexity index is 766. The smallest absolute Gasteiger partial charge is 0.239 e. The maximum Gasteiger partial charge on any atom is 0.239 e. The van der Waals surface area contributed by atoms with Crippen LogP contribution < -0.4 is 10.6 Å². The number of aromatic nitrogens is 2. The van der Waals surface area contributed by atoms with Gasteiger partial charge in [-0.2, -0.15) is 4.98 Å². The van der Waals surface area contributed by atoms with Crippen LogP contribution in [0.2, 0.25) is 5.02 Å². The van der Waals surface area contributed by atoms with E-state index in [0.717, 1.165) is 0 Å². The first kappa shape index (κ1) is 18.0. The molecule has 2 aromatic rings. The van der Waals surface area contributed by atoms with Gasteiger partial charge in [-0.25, -0.2) is 4.98 Å². The van der Waals surface area contributed by atoms with Crippen LogP contribution in [0.15, 0.2) is 30.6 Å². The number of rotatable bonds is 4. The highest BCUT2D eigenvalue weighted by Crippen LogP contribution is 2.22. The SMILES string of the molecule is CC(=O)Nc1ncnc([NH2+]C(C)(C)C)c1C(=N)c1ccc(Cl)cc1. The van der Waals surface area contributed by atoms with E-state index in [2.05, 4.69) is 15.3 Å². The summed E-state index contributed by atoms with van der Waals surface area (Å²) in [4.78, 5) is 20.0. The lowest BCUT2D eigenvalue weighted by Crippen LogP contribution is -2.90. The van der Waals surface area contributed by atoms with Crippen molar-refractivity contribution < 1.29 is 10.1 Å². The number of anilines is 1. The minimum atomic E-state index is -0.249. The predicted octanol–water partition coefficient (Wildman–Crippen LogP) is 2.50. The molecule has 0 bridgehead atoms. The van der Waals surface area contributed by atoms with Gasteiger partial charge in [0, 0.05) is 17.5 Å². The highest BCUT2D eigenvalue weighted by atomic mass is 35.5. The van der Waals surface area contributed by atoms with Crippen LogP contribution in [0.3, 0.4) is 0 Å². The first-order valence-electron chi connectivity index (χ1n) is 7.51. The summed E-state index contributed by atoms with van der Waals surface area (Å²) in [6.07, 6.45) is 1.39. The lowest BCUT2D eigenvalue weighted by molar-refractivity contribution is -0.645. The standard InChI is InChI=1S/C17H20ClN5O/c1-10(24)22-15-13(14(19)11-5-7-12(18)8-6-11)16(21-9-20-15)23-17(2,3)4/h5-9,19H,1-4H3,(H2,20,21,22,23,24)/p+1. The largest absolute Gasteiger partial charge is 0.310 e. The maximum atomic E-state index is 11.5. The molecule has 6 nitrogen and oxygen atoms in total. The van der Waals surface area contributed by atoms with Crippen LogP contribution in [0.25, 0.3) is 0 Å². The highest BCUT2D eigenvalue weighted by Gasteiger charge is 2.25. The van der Waals surface area contributed by atoms with Crippen LogP contribution in [0.1, 0.15) is 38.8 Å². The van der Waals surface area contributed by atoms with Crippen molar-refractivity contribution in [2.75, 3.05) is 5.32 Å². The zero-order chi connectivity index (χ0) is 17.9. The number of hydrogen-bond donors (Lipinski definition) is 3. The van der Waals surface area contributed by atoms with E-state index < -0.39 is 0 Å². The minimum Gasteiger partial charge on any atom is -0.310 e. The van der Waals surface area contributed by atoms with E-state index in [9.17, 15) is 4.79 Å². The zero-order valence-electron chi connectivity index (χ0n) is 14.1. The van der Waals surface area contributed by atoms with Gasteiger partial charge in [-0.3, -0.25) is 15.5 Å². The summed E-state index contributed by atoms with van der Waals surface area (Å²) < 4.78 is 0. The Morgan fingerprint density at radius 2 is 1.83 bits per heavy atom.